The highest BCUT2D eigenvalue weighted by Gasteiger charge is 2.53. The summed E-state index contributed by atoms with van der Waals surface area (Å²) in [6.07, 6.45) is 7.50. The monoisotopic (exact) mass is 443 g/mol. The third kappa shape index (κ3) is 4.25. The number of aromatic nitrogens is 4. The molecule has 0 bridgehead atoms. The van der Waals surface area contributed by atoms with Gasteiger partial charge in [0, 0.05) is 17.2 Å². The topological polar surface area (TPSA) is 104 Å². The molecule has 8 nitrogen and oxygen atoms in total. The second kappa shape index (κ2) is 7.35. The molecule has 2 aromatic heterocycles. The lowest BCUT2D eigenvalue weighted by atomic mass is 9.91. The Labute approximate surface area is 187 Å². The molecule has 2 fully saturated rings. The van der Waals surface area contributed by atoms with E-state index >= 15 is 0 Å². The zero-order chi connectivity index (χ0) is 23.4. The molecule has 9 heteroatoms. The number of carbonyl (C=O) groups excluding carboxylic acids is 2. The minimum Gasteiger partial charge on any atom is -0.346 e. The minimum atomic E-state index is -0.776. The number of amides is 2. The maximum absolute atomic E-state index is 14.2. The fourth-order valence-electron chi connectivity index (χ4n) is 3.80. The van der Waals surface area contributed by atoms with Gasteiger partial charge in [-0.05, 0) is 50.7 Å². The van der Waals surface area contributed by atoms with Crippen molar-refractivity contribution in [3.63, 3.8) is 0 Å². The van der Waals surface area contributed by atoms with E-state index in [0.29, 0.717) is 30.8 Å². The summed E-state index contributed by atoms with van der Waals surface area (Å²) in [5, 5.41) is 10.8. The molecule has 0 aliphatic heterocycles. The molecule has 0 radical (unpaired) electrons. The van der Waals surface area contributed by atoms with E-state index in [2.05, 4.69) is 25.7 Å². The molecule has 0 spiro atoms. The Balaban J connectivity index is 1.43. The molecule has 172 valence electrons. The molecule has 0 saturated heterocycles. The number of carbonyl (C=O) groups is 2. The predicted octanol–water partition coefficient (Wildman–Crippen LogP) is 2.21. The van der Waals surface area contributed by atoms with Crippen LogP contribution < -0.4 is 15.3 Å². The van der Waals surface area contributed by atoms with Gasteiger partial charge in [0.15, 0.2) is 0 Å². The van der Waals surface area contributed by atoms with Crippen LogP contribution in [0.2, 0.25) is 0 Å². The molecular weight excluding hydrogens is 411 g/mol. The third-order valence-corrected chi connectivity index (χ3v) is 6.38. The summed E-state index contributed by atoms with van der Waals surface area (Å²) in [5.74, 6) is 0.117. The standard InChI is InChI=1S/C23H31FN6O2/c1-20(2,3)18(31)27-23(9-10-23)17-26-14-30(29-17)13-21(4,5)19(32)28-22(7-8-22)15-6-11-25-12-16(15)24/h6,11-12,14H,7-10,13H2,1-5H3,(H2,27,28,31,32)/p+1. The van der Waals surface area contributed by atoms with Crippen LogP contribution in [0.1, 0.15) is 71.7 Å². The second-order valence-electron chi connectivity index (χ2n) is 10.9. The number of hydrogen-bond donors (Lipinski definition) is 3. The second-order valence-corrected chi connectivity index (χ2v) is 10.9. The van der Waals surface area contributed by atoms with Crippen LogP contribution in [0, 0.1) is 16.6 Å². The van der Waals surface area contributed by atoms with E-state index in [4.69, 9.17) is 0 Å². The van der Waals surface area contributed by atoms with Crippen molar-refractivity contribution in [1.29, 1.82) is 0 Å². The number of nitrogens with zero attached hydrogens (tertiary/aromatic N) is 3. The van der Waals surface area contributed by atoms with Crippen molar-refractivity contribution in [1.82, 2.24) is 25.7 Å². The van der Waals surface area contributed by atoms with Crippen molar-refractivity contribution in [3.05, 3.63) is 42.0 Å². The third-order valence-electron chi connectivity index (χ3n) is 6.38. The lowest BCUT2D eigenvalue weighted by Gasteiger charge is -2.26. The summed E-state index contributed by atoms with van der Waals surface area (Å²) in [6.45, 7) is 9.67. The molecule has 2 aliphatic carbocycles. The van der Waals surface area contributed by atoms with E-state index in [1.807, 2.05) is 34.6 Å². The number of aromatic amines is 1. The van der Waals surface area contributed by atoms with Crippen LogP contribution in [-0.4, -0.2) is 26.9 Å². The van der Waals surface area contributed by atoms with Crippen molar-refractivity contribution in [2.24, 2.45) is 10.8 Å². The van der Waals surface area contributed by atoms with E-state index in [-0.39, 0.29) is 11.8 Å². The zero-order valence-corrected chi connectivity index (χ0v) is 19.4. The maximum Gasteiger partial charge on any atom is 0.263 e. The minimum absolute atomic E-state index is 0.0178. The average Bonchev–Trinajstić information content (AvgIpc) is 3.61. The van der Waals surface area contributed by atoms with Crippen molar-refractivity contribution in [3.8, 4) is 0 Å². The molecule has 0 atom stereocenters. The van der Waals surface area contributed by atoms with Crippen LogP contribution >= 0.6 is 0 Å². The first kappa shape index (κ1) is 22.4. The molecule has 0 unspecified atom stereocenters. The number of hydrogen-bond acceptors (Lipinski definition) is 4. The summed E-state index contributed by atoms with van der Waals surface area (Å²) < 4.78 is 15.9. The average molecular weight is 444 g/mol. The van der Waals surface area contributed by atoms with Crippen LogP contribution in [0.3, 0.4) is 0 Å². The number of rotatable bonds is 7. The molecular formula is C23H32FN6O2+. The SMILES string of the molecule is CC(C)(C)C(=O)NC1(c2n[n+](CC(C)(C)C(=O)NC3(c4ccncc4F)CC3)c[nH]2)CC1. The van der Waals surface area contributed by atoms with E-state index in [0.717, 1.165) is 12.8 Å². The molecule has 2 aromatic rings. The van der Waals surface area contributed by atoms with Gasteiger partial charge in [-0.25, -0.2) is 9.37 Å². The van der Waals surface area contributed by atoms with Gasteiger partial charge in [0.25, 0.3) is 12.2 Å². The lowest BCUT2D eigenvalue weighted by molar-refractivity contribution is -0.759. The van der Waals surface area contributed by atoms with Gasteiger partial charge in [0.2, 0.25) is 11.8 Å². The normalized spacial score (nSPS) is 18.7. The largest absolute Gasteiger partial charge is 0.346 e. The number of pyridine rings is 1. The van der Waals surface area contributed by atoms with Crippen LogP contribution in [-0.2, 0) is 27.2 Å². The molecule has 0 aromatic carbocycles. The Morgan fingerprint density at radius 2 is 1.72 bits per heavy atom. The Kier molecular flexibility index (Phi) is 5.14. The highest BCUT2D eigenvalue weighted by molar-refractivity contribution is 5.83. The Morgan fingerprint density at radius 3 is 2.28 bits per heavy atom. The first-order chi connectivity index (χ1) is 14.9. The van der Waals surface area contributed by atoms with Gasteiger partial charge in [-0.15, -0.1) is 4.68 Å². The molecule has 2 amide bonds. The van der Waals surface area contributed by atoms with E-state index < -0.39 is 27.7 Å². The molecule has 2 aliphatic rings. The molecule has 32 heavy (non-hydrogen) atoms. The summed E-state index contributed by atoms with van der Waals surface area (Å²) >= 11 is 0. The molecule has 2 saturated carbocycles. The summed E-state index contributed by atoms with van der Waals surface area (Å²) in [7, 11) is 0. The van der Waals surface area contributed by atoms with Gasteiger partial charge in [-0.1, -0.05) is 20.8 Å². The van der Waals surface area contributed by atoms with E-state index in [1.165, 1.54) is 6.20 Å². The van der Waals surface area contributed by atoms with Crippen LogP contribution in [0.25, 0.3) is 0 Å². The van der Waals surface area contributed by atoms with Gasteiger partial charge >= 0.3 is 0 Å². The van der Waals surface area contributed by atoms with Crippen molar-refractivity contribution in [2.75, 3.05) is 0 Å². The van der Waals surface area contributed by atoms with Crippen LogP contribution in [0.15, 0.2) is 24.8 Å². The number of nitrogens with one attached hydrogen (secondary N) is 3. The highest BCUT2D eigenvalue weighted by atomic mass is 19.1. The molecule has 4 rings (SSSR count). The van der Waals surface area contributed by atoms with Crippen molar-refractivity contribution < 1.29 is 18.7 Å². The Bertz CT molecular complexity index is 1050. The summed E-state index contributed by atoms with van der Waals surface area (Å²) in [6, 6.07) is 1.63. The van der Waals surface area contributed by atoms with Crippen LogP contribution in [0.5, 0.6) is 0 Å². The first-order valence-corrected chi connectivity index (χ1v) is 11.1. The van der Waals surface area contributed by atoms with Gasteiger partial charge in [-0.3, -0.25) is 14.6 Å². The zero-order valence-electron chi connectivity index (χ0n) is 19.4. The smallest absolute Gasteiger partial charge is 0.263 e. The van der Waals surface area contributed by atoms with E-state index in [9.17, 15) is 14.0 Å². The van der Waals surface area contributed by atoms with Crippen molar-refractivity contribution >= 4 is 11.8 Å². The quantitative estimate of drug-likeness (QED) is 0.571. The Morgan fingerprint density at radius 1 is 1.09 bits per heavy atom. The van der Waals surface area contributed by atoms with Crippen LogP contribution in [0.4, 0.5) is 4.39 Å². The van der Waals surface area contributed by atoms with Gasteiger partial charge in [0.05, 0.1) is 17.2 Å². The maximum atomic E-state index is 14.2. The van der Waals surface area contributed by atoms with Gasteiger partial charge < -0.3 is 10.6 Å². The Hall–Kier alpha value is -2.84. The molecule has 2 heterocycles. The fraction of sp³-hybridized carbons (Fsp3) is 0.609. The van der Waals surface area contributed by atoms with Gasteiger partial charge in [0.1, 0.15) is 17.9 Å². The predicted molar refractivity (Wildman–Crippen MR) is 114 cm³/mol. The molecule has 3 N–H and O–H groups in total. The number of halogens is 1. The summed E-state index contributed by atoms with van der Waals surface area (Å²) in [4.78, 5) is 32.5. The van der Waals surface area contributed by atoms with E-state index in [1.54, 1.807) is 23.3 Å². The number of H-pyrrole nitrogens is 1. The summed E-state index contributed by atoms with van der Waals surface area (Å²) in [5.41, 5.74) is -1.89. The van der Waals surface area contributed by atoms with Crippen molar-refractivity contribution in [2.45, 2.75) is 77.9 Å². The first-order valence-electron chi connectivity index (χ1n) is 11.1. The lowest BCUT2D eigenvalue weighted by Crippen LogP contribution is -2.52. The highest BCUT2D eigenvalue weighted by Crippen LogP contribution is 2.47. The van der Waals surface area contributed by atoms with Gasteiger partial charge in [-0.2, -0.15) is 0 Å². The fourth-order valence-corrected chi connectivity index (χ4v) is 3.80.